The Kier molecular flexibility index (Phi) is 4.04. The van der Waals surface area contributed by atoms with Crippen LogP contribution in [0, 0.1) is 17.8 Å². The number of rotatable bonds is 4. The van der Waals surface area contributed by atoms with Crippen molar-refractivity contribution in [2.75, 3.05) is 13.1 Å². The summed E-state index contributed by atoms with van der Waals surface area (Å²) in [5.74, 6) is 3.08. The molecule has 4 rings (SSSR count). The molecule has 3 aliphatic carbocycles. The van der Waals surface area contributed by atoms with E-state index >= 15 is 0 Å². The van der Waals surface area contributed by atoms with E-state index in [1.54, 1.807) is 0 Å². The molecule has 1 heterocycles. The van der Waals surface area contributed by atoms with Crippen LogP contribution >= 0.6 is 0 Å². The van der Waals surface area contributed by atoms with E-state index in [0.717, 1.165) is 30.3 Å². The van der Waals surface area contributed by atoms with Gasteiger partial charge in [0.25, 0.3) is 0 Å². The first-order chi connectivity index (χ1) is 10.3. The Morgan fingerprint density at radius 2 is 1.57 bits per heavy atom. The molecule has 1 aliphatic heterocycles. The van der Waals surface area contributed by atoms with Crippen molar-refractivity contribution in [1.29, 1.82) is 0 Å². The molecule has 0 aromatic rings. The first-order valence-electron chi connectivity index (χ1n) is 9.79. The van der Waals surface area contributed by atoms with Crippen molar-refractivity contribution >= 4 is 0 Å². The molecule has 21 heavy (non-hydrogen) atoms. The van der Waals surface area contributed by atoms with Gasteiger partial charge in [0.2, 0.25) is 0 Å². The number of likely N-dealkylation sites (tertiary alicyclic amines) is 1. The summed E-state index contributed by atoms with van der Waals surface area (Å²) < 4.78 is 0. The van der Waals surface area contributed by atoms with Crippen molar-refractivity contribution in [1.82, 2.24) is 4.90 Å². The van der Waals surface area contributed by atoms with Gasteiger partial charge < -0.3 is 5.73 Å². The van der Waals surface area contributed by atoms with Crippen LogP contribution in [0.15, 0.2) is 0 Å². The van der Waals surface area contributed by atoms with Gasteiger partial charge in [-0.3, -0.25) is 4.90 Å². The third kappa shape index (κ3) is 2.67. The summed E-state index contributed by atoms with van der Waals surface area (Å²) in [5, 5.41) is 0. The number of nitrogens with two attached hydrogens (primary N) is 1. The van der Waals surface area contributed by atoms with Crippen molar-refractivity contribution in [2.45, 2.75) is 88.6 Å². The van der Waals surface area contributed by atoms with E-state index in [1.807, 2.05) is 0 Å². The molecular weight excluding hydrogens is 256 g/mol. The van der Waals surface area contributed by atoms with Crippen LogP contribution in [-0.2, 0) is 0 Å². The zero-order chi connectivity index (χ0) is 14.3. The molecule has 3 unspecified atom stereocenters. The first-order valence-corrected chi connectivity index (χ1v) is 9.79. The minimum Gasteiger partial charge on any atom is -0.329 e. The highest BCUT2D eigenvalue weighted by atomic mass is 15.3. The molecule has 1 saturated heterocycles. The van der Waals surface area contributed by atoms with Gasteiger partial charge in [0.1, 0.15) is 0 Å². The molecule has 2 nitrogen and oxygen atoms in total. The van der Waals surface area contributed by atoms with Crippen LogP contribution < -0.4 is 5.73 Å². The summed E-state index contributed by atoms with van der Waals surface area (Å²) in [4.78, 5) is 2.96. The highest BCUT2D eigenvalue weighted by Crippen LogP contribution is 2.50. The van der Waals surface area contributed by atoms with Crippen LogP contribution in [0.5, 0.6) is 0 Å². The number of nitrogens with zero attached hydrogens (tertiary/aromatic N) is 1. The molecule has 3 atom stereocenters. The Bertz CT molecular complexity index is 359. The molecular formula is C19H34N2. The molecule has 3 saturated carbocycles. The van der Waals surface area contributed by atoms with Gasteiger partial charge in [0.05, 0.1) is 0 Å². The second-order valence-corrected chi connectivity index (χ2v) is 8.57. The van der Waals surface area contributed by atoms with Crippen molar-refractivity contribution in [3.8, 4) is 0 Å². The van der Waals surface area contributed by atoms with E-state index in [4.69, 9.17) is 5.73 Å². The average molecular weight is 290 g/mol. The molecule has 4 fully saturated rings. The molecule has 0 aromatic heterocycles. The van der Waals surface area contributed by atoms with Crippen LogP contribution in [0.1, 0.15) is 77.0 Å². The lowest BCUT2D eigenvalue weighted by molar-refractivity contribution is 0.00444. The lowest BCUT2D eigenvalue weighted by Gasteiger charge is -2.50. The smallest absolute Gasteiger partial charge is 0.0337 e. The summed E-state index contributed by atoms with van der Waals surface area (Å²) in [6.07, 6.45) is 17.6. The topological polar surface area (TPSA) is 29.3 Å². The van der Waals surface area contributed by atoms with Crippen LogP contribution in [0.4, 0.5) is 0 Å². The lowest BCUT2D eigenvalue weighted by atomic mass is 9.72. The van der Waals surface area contributed by atoms with E-state index in [2.05, 4.69) is 4.90 Å². The minimum absolute atomic E-state index is 0.384. The Hall–Kier alpha value is -0.0800. The van der Waals surface area contributed by atoms with E-state index in [1.165, 1.54) is 83.6 Å². The highest BCUT2D eigenvalue weighted by molar-refractivity contribution is 5.04. The summed E-state index contributed by atoms with van der Waals surface area (Å²) >= 11 is 0. The number of hydrogen-bond donors (Lipinski definition) is 1. The summed E-state index contributed by atoms with van der Waals surface area (Å²) in [7, 11) is 0. The van der Waals surface area contributed by atoms with Gasteiger partial charge in [-0.05, 0) is 75.7 Å². The molecule has 0 aromatic carbocycles. The van der Waals surface area contributed by atoms with Gasteiger partial charge in [-0.15, -0.1) is 0 Å². The van der Waals surface area contributed by atoms with Gasteiger partial charge in [-0.25, -0.2) is 0 Å². The maximum atomic E-state index is 6.42. The molecule has 0 amide bonds. The van der Waals surface area contributed by atoms with Crippen LogP contribution in [0.25, 0.3) is 0 Å². The maximum Gasteiger partial charge on any atom is 0.0337 e. The predicted molar refractivity (Wildman–Crippen MR) is 88.2 cm³/mol. The van der Waals surface area contributed by atoms with Gasteiger partial charge in [0.15, 0.2) is 0 Å². The van der Waals surface area contributed by atoms with Crippen LogP contribution in [0.2, 0.25) is 0 Å². The fourth-order valence-electron chi connectivity index (χ4n) is 6.13. The Labute approximate surface area is 130 Å². The normalized spacial score (nSPS) is 42.7. The second-order valence-electron chi connectivity index (χ2n) is 8.57. The zero-order valence-corrected chi connectivity index (χ0v) is 13.7. The third-order valence-electron chi connectivity index (χ3n) is 7.38. The third-order valence-corrected chi connectivity index (χ3v) is 7.38. The van der Waals surface area contributed by atoms with E-state index < -0.39 is 0 Å². The molecule has 0 radical (unpaired) electrons. The molecule has 4 aliphatic rings. The van der Waals surface area contributed by atoms with Gasteiger partial charge in [-0.1, -0.05) is 25.7 Å². The summed E-state index contributed by atoms with van der Waals surface area (Å²) in [6, 6.07) is 0.883. The van der Waals surface area contributed by atoms with Gasteiger partial charge in [0, 0.05) is 18.1 Å². The minimum atomic E-state index is 0.384. The quantitative estimate of drug-likeness (QED) is 0.850. The maximum absolute atomic E-state index is 6.42. The molecule has 0 bridgehead atoms. The Balaban J connectivity index is 1.52. The summed E-state index contributed by atoms with van der Waals surface area (Å²) in [5.41, 5.74) is 6.80. The second kappa shape index (κ2) is 5.85. The highest BCUT2D eigenvalue weighted by Gasteiger charge is 2.48. The van der Waals surface area contributed by atoms with Crippen LogP contribution in [-0.4, -0.2) is 29.6 Å². The Morgan fingerprint density at radius 3 is 2.29 bits per heavy atom. The van der Waals surface area contributed by atoms with E-state index in [9.17, 15) is 0 Å². The molecule has 2 N–H and O–H groups in total. The average Bonchev–Trinajstić information content (AvgIpc) is 3.03. The lowest BCUT2D eigenvalue weighted by Crippen LogP contribution is -2.59. The molecule has 0 spiro atoms. The number of hydrogen-bond acceptors (Lipinski definition) is 2. The zero-order valence-electron chi connectivity index (χ0n) is 13.7. The predicted octanol–water partition coefficient (Wildman–Crippen LogP) is 3.94. The summed E-state index contributed by atoms with van der Waals surface area (Å²) in [6.45, 7) is 2.26. The van der Waals surface area contributed by atoms with Crippen molar-refractivity contribution in [2.24, 2.45) is 23.5 Å². The van der Waals surface area contributed by atoms with E-state index in [0.29, 0.717) is 5.54 Å². The van der Waals surface area contributed by atoms with Gasteiger partial charge in [-0.2, -0.15) is 0 Å². The first kappa shape index (κ1) is 14.5. The van der Waals surface area contributed by atoms with Crippen LogP contribution in [0.3, 0.4) is 0 Å². The standard InChI is InChI=1S/C19H34N2/c20-14-19(11-3-7-17(13-19)15-9-10-15)21-12-4-8-18(21)16-5-1-2-6-16/h15-18H,1-14,20H2. The van der Waals surface area contributed by atoms with Crippen molar-refractivity contribution in [3.05, 3.63) is 0 Å². The fourth-order valence-corrected chi connectivity index (χ4v) is 6.13. The fraction of sp³-hybridized carbons (Fsp3) is 1.00. The molecule has 2 heteroatoms. The Morgan fingerprint density at radius 1 is 0.810 bits per heavy atom. The van der Waals surface area contributed by atoms with Gasteiger partial charge >= 0.3 is 0 Å². The van der Waals surface area contributed by atoms with Crippen molar-refractivity contribution < 1.29 is 0 Å². The molecule has 120 valence electrons. The van der Waals surface area contributed by atoms with Crippen molar-refractivity contribution in [3.63, 3.8) is 0 Å². The SMILES string of the molecule is NCC1(N2CCCC2C2CCCC2)CCCC(C2CC2)C1. The van der Waals surface area contributed by atoms with E-state index in [-0.39, 0.29) is 0 Å². The largest absolute Gasteiger partial charge is 0.329 e. The monoisotopic (exact) mass is 290 g/mol.